The molecule has 3 amide bonds. The van der Waals surface area contributed by atoms with Crippen molar-refractivity contribution < 1.29 is 23.1 Å². The lowest BCUT2D eigenvalue weighted by Gasteiger charge is -2.18. The number of carboxylic acid groups (broad SMARTS) is 1. The van der Waals surface area contributed by atoms with Crippen LogP contribution in [-0.4, -0.2) is 45.0 Å². The lowest BCUT2D eigenvalue weighted by Crippen LogP contribution is -2.40. The minimum atomic E-state index is -3.31. The van der Waals surface area contributed by atoms with Gasteiger partial charge in [0.1, 0.15) is 0 Å². The average molecular weight is 329 g/mol. The van der Waals surface area contributed by atoms with E-state index in [2.05, 4.69) is 16.0 Å². The lowest BCUT2D eigenvalue weighted by molar-refractivity contribution is 0.189. The van der Waals surface area contributed by atoms with Crippen molar-refractivity contribution in [3.05, 3.63) is 29.8 Å². The van der Waals surface area contributed by atoms with Gasteiger partial charge >= 0.3 is 12.1 Å². The molecule has 4 N–H and O–H groups in total. The maximum Gasteiger partial charge on any atom is 0.405 e. The molecule has 0 aromatic heterocycles. The van der Waals surface area contributed by atoms with E-state index in [-0.39, 0.29) is 17.2 Å². The minimum absolute atomic E-state index is 0.0125. The van der Waals surface area contributed by atoms with Crippen molar-refractivity contribution in [2.75, 3.05) is 19.3 Å². The number of benzene rings is 1. The van der Waals surface area contributed by atoms with Crippen LogP contribution in [0.3, 0.4) is 0 Å². The first-order valence-electron chi connectivity index (χ1n) is 6.58. The van der Waals surface area contributed by atoms with Gasteiger partial charge in [-0.05, 0) is 17.7 Å². The number of carbonyl (C=O) groups is 2. The van der Waals surface area contributed by atoms with E-state index in [1.54, 1.807) is 6.92 Å². The summed E-state index contributed by atoms with van der Waals surface area (Å²) in [5.74, 6) is -0.0125. The van der Waals surface area contributed by atoms with E-state index in [0.29, 0.717) is 5.56 Å². The summed E-state index contributed by atoms with van der Waals surface area (Å²) in [6.45, 7) is 1.58. The summed E-state index contributed by atoms with van der Waals surface area (Å²) >= 11 is 0. The maximum atomic E-state index is 11.7. The molecule has 0 heterocycles. The smallest absolute Gasteiger partial charge is 0.405 e. The molecule has 0 aliphatic heterocycles. The summed E-state index contributed by atoms with van der Waals surface area (Å²) in [4.78, 5) is 22.2. The van der Waals surface area contributed by atoms with Gasteiger partial charge in [-0.25, -0.2) is 18.0 Å². The van der Waals surface area contributed by atoms with Crippen molar-refractivity contribution >= 4 is 22.0 Å². The lowest BCUT2D eigenvalue weighted by atomic mass is 10.1. The van der Waals surface area contributed by atoms with Gasteiger partial charge in [0.15, 0.2) is 9.84 Å². The first-order chi connectivity index (χ1) is 10.3. The molecule has 8 nitrogen and oxygen atoms in total. The molecule has 0 spiro atoms. The molecule has 0 aliphatic rings. The zero-order valence-corrected chi connectivity index (χ0v) is 13.1. The van der Waals surface area contributed by atoms with Crippen LogP contribution in [-0.2, 0) is 9.84 Å². The van der Waals surface area contributed by atoms with Gasteiger partial charge in [0.2, 0.25) is 0 Å². The van der Waals surface area contributed by atoms with E-state index in [0.717, 1.165) is 0 Å². The molecule has 0 fully saturated rings. The molecule has 1 aromatic rings. The Morgan fingerprint density at radius 2 is 1.82 bits per heavy atom. The van der Waals surface area contributed by atoms with Gasteiger partial charge in [-0.1, -0.05) is 19.1 Å². The number of rotatable bonds is 6. The van der Waals surface area contributed by atoms with Crippen LogP contribution in [0.25, 0.3) is 0 Å². The van der Waals surface area contributed by atoms with E-state index in [4.69, 9.17) is 5.11 Å². The Balaban J connectivity index is 2.94. The highest BCUT2D eigenvalue weighted by atomic mass is 32.2. The van der Waals surface area contributed by atoms with Crippen molar-refractivity contribution in [2.24, 2.45) is 0 Å². The van der Waals surface area contributed by atoms with Gasteiger partial charge in [-0.2, -0.15) is 0 Å². The molecule has 9 heteroatoms. The van der Waals surface area contributed by atoms with Crippen molar-refractivity contribution in [1.82, 2.24) is 16.0 Å². The Morgan fingerprint density at radius 3 is 2.27 bits per heavy atom. The van der Waals surface area contributed by atoms with Crippen LogP contribution in [0.1, 0.15) is 18.5 Å². The van der Waals surface area contributed by atoms with Crippen LogP contribution >= 0.6 is 0 Å². The molecule has 0 bridgehead atoms. The molecular weight excluding hydrogens is 310 g/mol. The van der Waals surface area contributed by atoms with E-state index in [1.165, 1.54) is 31.3 Å². The van der Waals surface area contributed by atoms with Crippen LogP contribution < -0.4 is 16.0 Å². The van der Waals surface area contributed by atoms with Crippen LogP contribution in [0.4, 0.5) is 9.59 Å². The summed E-state index contributed by atoms with van der Waals surface area (Å²) in [5, 5.41) is 16.0. The second-order valence-electron chi connectivity index (χ2n) is 4.43. The quantitative estimate of drug-likeness (QED) is 0.612. The number of hydrogen-bond acceptors (Lipinski definition) is 4. The highest BCUT2D eigenvalue weighted by molar-refractivity contribution is 7.91. The number of nitrogens with one attached hydrogen (secondary N) is 3. The SMILES string of the molecule is CCS(=O)(=O)c1ccc([C@H](CNC(=O)NC)NC(=O)O)cc1. The molecular formula is C13H19N3O5S. The third-order valence-electron chi connectivity index (χ3n) is 3.01. The fraction of sp³-hybridized carbons (Fsp3) is 0.385. The summed E-state index contributed by atoms with van der Waals surface area (Å²) in [7, 11) is -1.87. The predicted octanol–water partition coefficient (Wildman–Crippen LogP) is 0.718. The number of sulfone groups is 1. The predicted molar refractivity (Wildman–Crippen MR) is 80.5 cm³/mol. The largest absolute Gasteiger partial charge is 0.465 e. The number of carbonyl (C=O) groups excluding carboxylic acids is 1. The number of amides is 3. The van der Waals surface area contributed by atoms with Crippen LogP contribution in [0, 0.1) is 0 Å². The highest BCUT2D eigenvalue weighted by Gasteiger charge is 2.17. The second-order valence-corrected chi connectivity index (χ2v) is 6.71. The summed E-state index contributed by atoms with van der Waals surface area (Å²) < 4.78 is 23.5. The Kier molecular flexibility index (Phi) is 6.17. The zero-order valence-electron chi connectivity index (χ0n) is 12.3. The van der Waals surface area contributed by atoms with E-state index in [1.807, 2.05) is 0 Å². The molecule has 0 aliphatic carbocycles. The van der Waals surface area contributed by atoms with E-state index >= 15 is 0 Å². The Hall–Kier alpha value is -2.29. The monoisotopic (exact) mass is 329 g/mol. The Bertz CT molecular complexity index is 628. The standard InChI is InChI=1S/C13H19N3O5S/c1-3-22(20,21)10-6-4-9(5-7-10)11(16-13(18)19)8-15-12(17)14-2/h4-7,11,16H,3,8H2,1-2H3,(H,18,19)(H2,14,15,17)/t11-/m0/s1. The van der Waals surface area contributed by atoms with Crippen molar-refractivity contribution in [3.8, 4) is 0 Å². The summed E-state index contributed by atoms with van der Waals surface area (Å²) in [6, 6.07) is 4.76. The molecule has 1 rings (SSSR count). The van der Waals surface area contributed by atoms with E-state index < -0.39 is 28.0 Å². The highest BCUT2D eigenvalue weighted by Crippen LogP contribution is 2.17. The van der Waals surface area contributed by atoms with Crippen LogP contribution in [0.5, 0.6) is 0 Å². The zero-order chi connectivity index (χ0) is 16.8. The normalized spacial score (nSPS) is 12.3. The topological polar surface area (TPSA) is 125 Å². The molecule has 1 atom stereocenters. The second kappa shape index (κ2) is 7.64. The van der Waals surface area contributed by atoms with Gasteiger partial charge < -0.3 is 21.1 Å². The van der Waals surface area contributed by atoms with E-state index in [9.17, 15) is 18.0 Å². The van der Waals surface area contributed by atoms with Crippen LogP contribution in [0.2, 0.25) is 0 Å². The maximum absolute atomic E-state index is 11.7. The van der Waals surface area contributed by atoms with Gasteiger partial charge in [-0.15, -0.1) is 0 Å². The molecule has 0 unspecified atom stereocenters. The molecule has 22 heavy (non-hydrogen) atoms. The third kappa shape index (κ3) is 4.92. The first kappa shape index (κ1) is 17.8. The molecule has 122 valence electrons. The summed E-state index contributed by atoms with van der Waals surface area (Å²) in [6.07, 6.45) is -1.24. The molecule has 0 radical (unpaired) electrons. The van der Waals surface area contributed by atoms with Crippen LogP contribution in [0.15, 0.2) is 29.2 Å². The van der Waals surface area contributed by atoms with Crippen molar-refractivity contribution in [3.63, 3.8) is 0 Å². The van der Waals surface area contributed by atoms with Gasteiger partial charge in [-0.3, -0.25) is 0 Å². The molecule has 1 aromatic carbocycles. The van der Waals surface area contributed by atoms with Gasteiger partial charge in [0.25, 0.3) is 0 Å². The number of hydrogen-bond donors (Lipinski definition) is 4. The Labute approximate surface area is 128 Å². The molecule has 0 saturated heterocycles. The van der Waals surface area contributed by atoms with Crippen molar-refractivity contribution in [1.29, 1.82) is 0 Å². The fourth-order valence-electron chi connectivity index (χ4n) is 1.76. The van der Waals surface area contributed by atoms with Gasteiger partial charge in [0.05, 0.1) is 16.7 Å². The Morgan fingerprint density at radius 1 is 1.23 bits per heavy atom. The third-order valence-corrected chi connectivity index (χ3v) is 4.76. The minimum Gasteiger partial charge on any atom is -0.465 e. The fourth-order valence-corrected chi connectivity index (χ4v) is 2.64. The van der Waals surface area contributed by atoms with Gasteiger partial charge in [0, 0.05) is 13.6 Å². The summed E-state index contributed by atoms with van der Waals surface area (Å²) in [5.41, 5.74) is 0.550. The van der Waals surface area contributed by atoms with Crippen molar-refractivity contribution in [2.45, 2.75) is 17.9 Å². The first-order valence-corrected chi connectivity index (χ1v) is 8.23. The number of urea groups is 1. The molecule has 0 saturated carbocycles. The average Bonchev–Trinajstić information content (AvgIpc) is 2.50.